The summed E-state index contributed by atoms with van der Waals surface area (Å²) >= 11 is 2.79. The predicted octanol–water partition coefficient (Wildman–Crippen LogP) is 0.458. The van der Waals surface area contributed by atoms with Gasteiger partial charge in [-0.05, 0) is 0 Å². The molecule has 10 heavy (non-hydrogen) atoms. The number of halogens is 1. The zero-order chi connectivity index (χ0) is 7.56. The monoisotopic (exact) mass is 224 g/mol. The Labute approximate surface area is 67.9 Å². The Bertz CT molecular complexity index is 262. The summed E-state index contributed by atoms with van der Waals surface area (Å²) in [6.07, 6.45) is 0. The molecule has 2 nitrogen and oxygen atoms in total. The molecule has 0 fully saturated rings. The Balaban J connectivity index is 3.07. The molecule has 0 aliphatic heterocycles. The summed E-state index contributed by atoms with van der Waals surface area (Å²) in [5, 5.41) is 0.496. The fraction of sp³-hybridized carbons (Fsp3) is 0. The van der Waals surface area contributed by atoms with Gasteiger partial charge in [-0.2, -0.15) is 0 Å². The molecule has 0 radical (unpaired) electrons. The second-order valence-corrected chi connectivity index (χ2v) is 4.18. The number of benzene rings is 1. The molecule has 0 heterocycles. The zero-order valence-electron chi connectivity index (χ0n) is 4.95. The van der Waals surface area contributed by atoms with E-state index in [-0.39, 0.29) is 0 Å². The van der Waals surface area contributed by atoms with Gasteiger partial charge < -0.3 is 0 Å². The Morgan fingerprint density at radius 2 is 2.20 bits per heavy atom. The van der Waals surface area contributed by atoms with E-state index in [4.69, 9.17) is 15.8 Å². The van der Waals surface area contributed by atoms with E-state index in [9.17, 15) is 3.83 Å². The van der Waals surface area contributed by atoms with Crippen LogP contribution in [-0.4, -0.2) is 18.4 Å². The average molecular weight is 224 g/mol. The number of hydrogen-bond acceptors (Lipinski definition) is 1. The molecule has 54 valence electrons. The van der Waals surface area contributed by atoms with Crippen molar-refractivity contribution in [1.82, 2.24) is 0 Å². The quantitative estimate of drug-likeness (QED) is 0.703. The normalized spacial score (nSPS) is 13.0. The van der Waals surface area contributed by atoms with Crippen molar-refractivity contribution in [3.05, 3.63) is 29.3 Å². The van der Waals surface area contributed by atoms with Crippen molar-refractivity contribution in [1.29, 1.82) is 0 Å². The topological polar surface area (TPSA) is 37.3 Å². The molecule has 0 bridgehead atoms. The molecule has 1 aromatic rings. The van der Waals surface area contributed by atoms with Gasteiger partial charge in [-0.25, -0.2) is 0 Å². The molecule has 1 aromatic carbocycles. The summed E-state index contributed by atoms with van der Waals surface area (Å²) in [6, 6.07) is 6.41. The Hall–Kier alpha value is -0.211. The van der Waals surface area contributed by atoms with Gasteiger partial charge in [0, 0.05) is 0 Å². The molecule has 0 saturated carbocycles. The van der Waals surface area contributed by atoms with E-state index in [2.05, 4.69) is 0 Å². The van der Waals surface area contributed by atoms with Crippen LogP contribution in [0.5, 0.6) is 0 Å². The van der Waals surface area contributed by atoms with Crippen molar-refractivity contribution in [2.45, 2.75) is 0 Å². The molecule has 0 aliphatic carbocycles. The summed E-state index contributed by atoms with van der Waals surface area (Å²) in [6.45, 7) is 0. The molecule has 0 aliphatic rings. The minimum absolute atomic E-state index is 0.424. The van der Waals surface area contributed by atoms with Crippen LogP contribution in [0, 0.1) is 0 Å². The van der Waals surface area contributed by atoms with Gasteiger partial charge in [-0.15, -0.1) is 0 Å². The van der Waals surface area contributed by atoms with Crippen LogP contribution in [0.15, 0.2) is 24.3 Å². The van der Waals surface area contributed by atoms with Crippen LogP contribution in [0.25, 0.3) is 0 Å². The fourth-order valence-electron chi connectivity index (χ4n) is 0.576. The first-order valence-corrected chi connectivity index (χ1v) is 5.26. The van der Waals surface area contributed by atoms with Crippen molar-refractivity contribution in [2.75, 3.05) is 0 Å². The Morgan fingerprint density at radius 1 is 1.50 bits per heavy atom. The van der Waals surface area contributed by atoms with Crippen LogP contribution >= 0.6 is 11.6 Å². The molecular formula is C6H5ClO2Se. The third kappa shape index (κ3) is 1.89. The van der Waals surface area contributed by atoms with E-state index < -0.39 is 14.2 Å². The molecule has 1 N–H and O–H groups in total. The van der Waals surface area contributed by atoms with E-state index in [0.717, 1.165) is 0 Å². The van der Waals surface area contributed by atoms with Crippen molar-refractivity contribution >= 4 is 30.2 Å². The van der Waals surface area contributed by atoms with Crippen LogP contribution in [0.2, 0.25) is 5.02 Å². The van der Waals surface area contributed by atoms with Crippen molar-refractivity contribution in [3.8, 4) is 0 Å². The first kappa shape index (κ1) is 7.89. The molecular weight excluding hydrogens is 218 g/mol. The van der Waals surface area contributed by atoms with Crippen molar-refractivity contribution < 1.29 is 8.02 Å². The predicted molar refractivity (Wildman–Crippen MR) is 39.7 cm³/mol. The third-order valence-electron chi connectivity index (χ3n) is 0.998. The summed E-state index contributed by atoms with van der Waals surface area (Å²) in [5.74, 6) is 0. The van der Waals surface area contributed by atoms with E-state index in [1.807, 2.05) is 0 Å². The van der Waals surface area contributed by atoms with E-state index in [1.165, 1.54) is 6.07 Å². The molecule has 0 aromatic heterocycles. The third-order valence-corrected chi connectivity index (χ3v) is 2.61. The van der Waals surface area contributed by atoms with Crippen LogP contribution in [-0.2, 0) is 3.83 Å². The molecule has 1 unspecified atom stereocenters. The van der Waals surface area contributed by atoms with Gasteiger partial charge in [0.15, 0.2) is 0 Å². The SMILES string of the molecule is O=[Se](O)c1cccc(Cl)c1. The first-order valence-electron chi connectivity index (χ1n) is 2.56. The molecule has 4 heteroatoms. The summed E-state index contributed by atoms with van der Waals surface area (Å²) in [4.78, 5) is 0. The van der Waals surface area contributed by atoms with Crippen LogP contribution in [0.1, 0.15) is 0 Å². The maximum atomic E-state index is 10.5. The second kappa shape index (κ2) is 3.26. The number of hydrogen-bond donors (Lipinski definition) is 1. The Kier molecular flexibility index (Phi) is 2.57. The van der Waals surface area contributed by atoms with Gasteiger partial charge in [0.1, 0.15) is 0 Å². The zero-order valence-corrected chi connectivity index (χ0v) is 7.42. The van der Waals surface area contributed by atoms with Gasteiger partial charge in [-0.3, -0.25) is 0 Å². The molecule has 0 saturated heterocycles. The van der Waals surface area contributed by atoms with Crippen LogP contribution < -0.4 is 4.46 Å². The van der Waals surface area contributed by atoms with Gasteiger partial charge in [0.05, 0.1) is 0 Å². The van der Waals surface area contributed by atoms with Gasteiger partial charge >= 0.3 is 67.5 Å². The summed E-state index contributed by atoms with van der Waals surface area (Å²) < 4.78 is 19.6. The maximum absolute atomic E-state index is 10.5. The summed E-state index contributed by atoms with van der Waals surface area (Å²) in [7, 11) is 0. The Morgan fingerprint density at radius 3 is 2.60 bits per heavy atom. The van der Waals surface area contributed by atoms with Crippen LogP contribution in [0.3, 0.4) is 0 Å². The number of rotatable bonds is 1. The molecule has 1 rings (SSSR count). The van der Waals surface area contributed by atoms with E-state index in [0.29, 0.717) is 9.48 Å². The van der Waals surface area contributed by atoms with Gasteiger partial charge in [0.25, 0.3) is 0 Å². The van der Waals surface area contributed by atoms with E-state index >= 15 is 0 Å². The molecule has 0 spiro atoms. The van der Waals surface area contributed by atoms with Crippen LogP contribution in [0.4, 0.5) is 0 Å². The first-order chi connectivity index (χ1) is 4.70. The van der Waals surface area contributed by atoms with E-state index in [1.54, 1.807) is 18.2 Å². The fourth-order valence-corrected chi connectivity index (χ4v) is 1.80. The second-order valence-electron chi connectivity index (χ2n) is 1.71. The standard InChI is InChI=1S/C6H5ClO2Se/c7-5-2-1-3-6(4-5)10(8)9/h1-4H,(H,8,9). The molecule has 1 atom stereocenters. The minimum atomic E-state index is -2.77. The van der Waals surface area contributed by atoms with Gasteiger partial charge in [-0.1, -0.05) is 0 Å². The van der Waals surface area contributed by atoms with Gasteiger partial charge in [0.2, 0.25) is 0 Å². The van der Waals surface area contributed by atoms with Crippen molar-refractivity contribution in [2.24, 2.45) is 0 Å². The average Bonchev–Trinajstić information content (AvgIpc) is 1.88. The van der Waals surface area contributed by atoms with Crippen molar-refractivity contribution in [3.63, 3.8) is 0 Å². The molecule has 0 amide bonds. The summed E-state index contributed by atoms with van der Waals surface area (Å²) in [5.41, 5.74) is 0.